The maximum Gasteiger partial charge on any atom is 0.338 e. The van der Waals surface area contributed by atoms with Crippen molar-refractivity contribution < 1.29 is 14.3 Å². The highest BCUT2D eigenvalue weighted by atomic mass is 35.5. The summed E-state index contributed by atoms with van der Waals surface area (Å²) in [5.41, 5.74) is 7.82. The Morgan fingerprint density at radius 3 is 2.61 bits per heavy atom. The molecule has 2 rings (SSSR count). The number of carbonyl (C=O) groups is 2. The van der Waals surface area contributed by atoms with E-state index in [4.69, 9.17) is 22.1 Å². The molecule has 0 fully saturated rings. The van der Waals surface area contributed by atoms with E-state index in [1.165, 1.54) is 25.1 Å². The van der Waals surface area contributed by atoms with Gasteiger partial charge in [-0.15, -0.1) is 0 Å². The number of ether oxygens (including phenoxy) is 1. The second kappa shape index (κ2) is 7.15. The number of carbonyl (C=O) groups excluding carboxylic acids is 2. The Kier molecular flexibility index (Phi) is 5.24. The molecule has 0 aliphatic carbocycles. The predicted octanol–water partition coefficient (Wildman–Crippen LogP) is 3.41. The minimum Gasteiger partial charge on any atom is -0.449 e. The van der Waals surface area contributed by atoms with Crippen LogP contribution in [0.25, 0.3) is 0 Å². The number of amides is 1. The first-order valence-corrected chi connectivity index (χ1v) is 7.38. The predicted molar refractivity (Wildman–Crippen MR) is 90.6 cm³/mol. The number of aryl methyl sites for hydroxylation is 1. The van der Waals surface area contributed by atoms with Crippen LogP contribution in [0, 0.1) is 6.92 Å². The Morgan fingerprint density at radius 1 is 1.22 bits per heavy atom. The lowest BCUT2D eigenvalue weighted by Crippen LogP contribution is -2.30. The van der Waals surface area contributed by atoms with Crippen molar-refractivity contribution in [2.45, 2.75) is 20.0 Å². The van der Waals surface area contributed by atoms with E-state index in [-0.39, 0.29) is 11.3 Å². The topological polar surface area (TPSA) is 81.4 Å². The van der Waals surface area contributed by atoms with Crippen LogP contribution in [-0.2, 0) is 9.53 Å². The van der Waals surface area contributed by atoms with Crippen LogP contribution in [0.2, 0.25) is 5.02 Å². The Bertz CT molecular complexity index is 746. The molecular formula is C17H17ClN2O3. The number of hydrogen-bond acceptors (Lipinski definition) is 4. The van der Waals surface area contributed by atoms with Crippen LogP contribution in [-0.4, -0.2) is 18.0 Å². The summed E-state index contributed by atoms with van der Waals surface area (Å²) >= 11 is 5.80. The average Bonchev–Trinajstić information content (AvgIpc) is 2.49. The molecule has 2 aromatic carbocycles. The van der Waals surface area contributed by atoms with Crippen molar-refractivity contribution >= 4 is 34.9 Å². The second-order valence-electron chi connectivity index (χ2n) is 5.14. The summed E-state index contributed by atoms with van der Waals surface area (Å²) < 4.78 is 5.15. The van der Waals surface area contributed by atoms with E-state index in [1.54, 1.807) is 6.07 Å². The minimum atomic E-state index is -0.945. The zero-order valence-corrected chi connectivity index (χ0v) is 13.6. The quantitative estimate of drug-likeness (QED) is 0.664. The van der Waals surface area contributed by atoms with Gasteiger partial charge < -0.3 is 15.8 Å². The third-order valence-electron chi connectivity index (χ3n) is 3.17. The molecule has 5 nitrogen and oxygen atoms in total. The van der Waals surface area contributed by atoms with Gasteiger partial charge >= 0.3 is 5.97 Å². The van der Waals surface area contributed by atoms with Crippen molar-refractivity contribution in [3.8, 4) is 0 Å². The normalized spacial score (nSPS) is 11.6. The molecule has 0 aliphatic heterocycles. The minimum absolute atomic E-state index is 0.238. The van der Waals surface area contributed by atoms with Crippen molar-refractivity contribution in [1.29, 1.82) is 0 Å². The van der Waals surface area contributed by atoms with Crippen LogP contribution in [0.1, 0.15) is 22.8 Å². The first-order valence-electron chi connectivity index (χ1n) is 7.00. The number of benzene rings is 2. The van der Waals surface area contributed by atoms with Gasteiger partial charge in [-0.3, -0.25) is 4.79 Å². The lowest BCUT2D eigenvalue weighted by atomic mass is 10.2. The number of hydrogen-bond donors (Lipinski definition) is 2. The van der Waals surface area contributed by atoms with Crippen molar-refractivity contribution in [2.75, 3.05) is 11.1 Å². The molecular weight excluding hydrogens is 316 g/mol. The molecule has 1 amide bonds. The zero-order valence-electron chi connectivity index (χ0n) is 12.8. The summed E-state index contributed by atoms with van der Waals surface area (Å²) in [6.07, 6.45) is -0.945. The van der Waals surface area contributed by atoms with Gasteiger partial charge in [-0.25, -0.2) is 4.79 Å². The SMILES string of the molecule is Cc1cccc(NC(=O)[C@H](C)OC(=O)c2ccc(Cl)c(N)c2)c1. The molecule has 0 saturated carbocycles. The van der Waals surface area contributed by atoms with E-state index in [0.29, 0.717) is 10.7 Å². The van der Waals surface area contributed by atoms with Gasteiger partial charge in [-0.05, 0) is 49.7 Å². The van der Waals surface area contributed by atoms with E-state index >= 15 is 0 Å². The zero-order chi connectivity index (χ0) is 17.0. The Hall–Kier alpha value is -2.53. The number of nitrogens with two attached hydrogens (primary N) is 1. The van der Waals surface area contributed by atoms with Gasteiger partial charge in [-0.1, -0.05) is 23.7 Å². The van der Waals surface area contributed by atoms with Crippen molar-refractivity contribution in [1.82, 2.24) is 0 Å². The van der Waals surface area contributed by atoms with E-state index in [0.717, 1.165) is 5.56 Å². The Labute approximate surface area is 139 Å². The lowest BCUT2D eigenvalue weighted by Gasteiger charge is -2.14. The van der Waals surface area contributed by atoms with Crippen molar-refractivity contribution in [3.63, 3.8) is 0 Å². The van der Waals surface area contributed by atoms with Gasteiger partial charge in [-0.2, -0.15) is 0 Å². The van der Waals surface area contributed by atoms with Crippen LogP contribution in [0.3, 0.4) is 0 Å². The van der Waals surface area contributed by atoms with Crippen LogP contribution in [0.4, 0.5) is 11.4 Å². The van der Waals surface area contributed by atoms with Crippen LogP contribution < -0.4 is 11.1 Å². The molecule has 0 radical (unpaired) electrons. The molecule has 3 N–H and O–H groups in total. The fraction of sp³-hybridized carbons (Fsp3) is 0.176. The summed E-state index contributed by atoms with van der Waals surface area (Å²) in [6, 6.07) is 11.8. The maximum absolute atomic E-state index is 12.1. The Morgan fingerprint density at radius 2 is 1.96 bits per heavy atom. The van der Waals surface area contributed by atoms with Crippen LogP contribution >= 0.6 is 11.6 Å². The molecule has 0 unspecified atom stereocenters. The maximum atomic E-state index is 12.1. The third-order valence-corrected chi connectivity index (χ3v) is 3.51. The monoisotopic (exact) mass is 332 g/mol. The molecule has 0 heterocycles. The third kappa shape index (κ3) is 4.47. The average molecular weight is 333 g/mol. The fourth-order valence-corrected chi connectivity index (χ4v) is 2.04. The number of halogens is 1. The number of nitrogen functional groups attached to an aromatic ring is 1. The largest absolute Gasteiger partial charge is 0.449 e. The van der Waals surface area contributed by atoms with Gasteiger partial charge in [0, 0.05) is 5.69 Å². The number of rotatable bonds is 4. The molecule has 2 aromatic rings. The summed E-state index contributed by atoms with van der Waals surface area (Å²) in [5, 5.41) is 3.05. The highest BCUT2D eigenvalue weighted by Gasteiger charge is 2.19. The first kappa shape index (κ1) is 16.8. The Balaban J connectivity index is 2.00. The van der Waals surface area contributed by atoms with E-state index in [1.807, 2.05) is 25.1 Å². The van der Waals surface area contributed by atoms with E-state index in [2.05, 4.69) is 5.32 Å². The summed E-state index contributed by atoms with van der Waals surface area (Å²) in [7, 11) is 0. The highest BCUT2D eigenvalue weighted by Crippen LogP contribution is 2.20. The molecule has 0 saturated heterocycles. The molecule has 0 spiro atoms. The van der Waals surface area contributed by atoms with Crippen LogP contribution in [0.15, 0.2) is 42.5 Å². The smallest absolute Gasteiger partial charge is 0.338 e. The number of anilines is 2. The number of esters is 1. The summed E-state index contributed by atoms with van der Waals surface area (Å²) in [6.45, 7) is 3.42. The van der Waals surface area contributed by atoms with Crippen molar-refractivity contribution in [3.05, 3.63) is 58.6 Å². The standard InChI is InChI=1S/C17H17ClN2O3/c1-10-4-3-5-13(8-10)20-16(21)11(2)23-17(22)12-6-7-14(18)15(19)9-12/h3-9,11H,19H2,1-2H3,(H,20,21)/t11-/m0/s1. The summed E-state index contributed by atoms with van der Waals surface area (Å²) in [4.78, 5) is 24.1. The van der Waals surface area contributed by atoms with Gasteiger partial charge in [0.2, 0.25) is 0 Å². The van der Waals surface area contributed by atoms with E-state index in [9.17, 15) is 9.59 Å². The van der Waals surface area contributed by atoms with Gasteiger partial charge in [0.15, 0.2) is 6.10 Å². The highest BCUT2D eigenvalue weighted by molar-refractivity contribution is 6.33. The lowest BCUT2D eigenvalue weighted by molar-refractivity contribution is -0.123. The van der Waals surface area contributed by atoms with Gasteiger partial charge in [0.05, 0.1) is 16.3 Å². The molecule has 0 bridgehead atoms. The van der Waals surface area contributed by atoms with Gasteiger partial charge in [0.25, 0.3) is 5.91 Å². The molecule has 120 valence electrons. The first-order chi connectivity index (χ1) is 10.9. The molecule has 0 aromatic heterocycles. The van der Waals surface area contributed by atoms with Crippen LogP contribution in [0.5, 0.6) is 0 Å². The molecule has 23 heavy (non-hydrogen) atoms. The second-order valence-corrected chi connectivity index (χ2v) is 5.55. The number of nitrogens with one attached hydrogen (secondary N) is 1. The van der Waals surface area contributed by atoms with Gasteiger partial charge in [0.1, 0.15) is 0 Å². The fourth-order valence-electron chi connectivity index (χ4n) is 1.92. The molecule has 0 aliphatic rings. The molecule has 6 heteroatoms. The van der Waals surface area contributed by atoms with Crippen molar-refractivity contribution in [2.24, 2.45) is 0 Å². The summed E-state index contributed by atoms with van der Waals surface area (Å²) in [5.74, 6) is -1.05. The molecule has 1 atom stereocenters. The van der Waals surface area contributed by atoms with E-state index < -0.39 is 18.0 Å².